The largest absolute Gasteiger partial charge is 0.539 e. The van der Waals surface area contributed by atoms with Crippen molar-refractivity contribution in [3.63, 3.8) is 0 Å². The molecule has 0 spiro atoms. The van der Waals surface area contributed by atoms with E-state index in [0.717, 1.165) is 53.1 Å². The second-order valence-electron chi connectivity index (χ2n) is 14.8. The van der Waals surface area contributed by atoms with Crippen molar-refractivity contribution in [1.82, 2.24) is 20.3 Å². The van der Waals surface area contributed by atoms with Crippen molar-refractivity contribution in [1.29, 1.82) is 0 Å². The van der Waals surface area contributed by atoms with Gasteiger partial charge in [0.05, 0.1) is 32.0 Å². The smallest absolute Gasteiger partial charge is 0.497 e. The van der Waals surface area contributed by atoms with E-state index in [4.69, 9.17) is 24.2 Å². The van der Waals surface area contributed by atoms with Crippen LogP contribution in [0.1, 0.15) is 69.5 Å². The maximum atomic E-state index is 14.7. The molecule has 5 heterocycles. The first-order valence-electron chi connectivity index (χ1n) is 18.7. The van der Waals surface area contributed by atoms with Crippen LogP contribution in [0.25, 0.3) is 21.6 Å². The predicted octanol–water partition coefficient (Wildman–Crippen LogP) is 7.13. The molecule has 13 heteroatoms. The van der Waals surface area contributed by atoms with E-state index in [9.17, 15) is 19.5 Å². The van der Waals surface area contributed by atoms with Crippen molar-refractivity contribution >= 4 is 40.1 Å². The van der Waals surface area contributed by atoms with E-state index in [1.165, 1.54) is 11.3 Å². The standard InChI is InChI=1S/C41H47N5O7S/c1-25(2)35-24-54-39(43-35)34-21-37(32-17-16-30(52-4)19-33(32)42-34)53-31-20-36-38(47)44-46(41(49)50)23-28(46)11-9-7-5-6-8-10-27(40(48)45(36)22-31)18-26-12-14-29(51-3)15-13-26/h9,11-17,19,21,24-25,27-28,31,36H,5-8,10,18,20,22-23H2,1-4H3,(H-,44,47,49,50)/p+1. The number of ether oxygens (including phenoxy) is 3. The summed E-state index contributed by atoms with van der Waals surface area (Å²) in [5.74, 6) is 1.18. The molecule has 4 aromatic rings. The molecule has 54 heavy (non-hydrogen) atoms. The number of hydrogen-bond donors (Lipinski definition) is 2. The van der Waals surface area contributed by atoms with Gasteiger partial charge in [0.1, 0.15) is 40.1 Å². The lowest BCUT2D eigenvalue weighted by Crippen LogP contribution is -2.56. The lowest BCUT2D eigenvalue weighted by atomic mass is 9.91. The molecule has 0 aliphatic carbocycles. The Labute approximate surface area is 319 Å². The summed E-state index contributed by atoms with van der Waals surface area (Å²) < 4.78 is 17.1. The molecule has 0 bridgehead atoms. The minimum Gasteiger partial charge on any atom is -0.497 e. The quantitative estimate of drug-likeness (QED) is 0.109. The topological polar surface area (TPSA) is 140 Å². The summed E-state index contributed by atoms with van der Waals surface area (Å²) in [6.07, 6.45) is 7.13. The van der Waals surface area contributed by atoms with Crippen LogP contribution in [-0.2, 0) is 16.0 Å². The van der Waals surface area contributed by atoms with E-state index in [1.807, 2.05) is 66.1 Å². The molecule has 2 aromatic carbocycles. The Bertz CT molecular complexity index is 2050. The Morgan fingerprint density at radius 2 is 1.81 bits per heavy atom. The molecular formula is C41H48N5O7S+. The van der Waals surface area contributed by atoms with Gasteiger partial charge in [-0.05, 0) is 67.5 Å². The number of rotatable bonds is 8. The van der Waals surface area contributed by atoms with Gasteiger partial charge in [-0.2, -0.15) is 10.2 Å². The molecule has 3 amide bonds. The van der Waals surface area contributed by atoms with E-state index < -0.39 is 28.7 Å². The molecule has 2 N–H and O–H groups in total. The number of pyridine rings is 1. The molecule has 7 rings (SSSR count). The van der Waals surface area contributed by atoms with Crippen LogP contribution < -0.4 is 19.6 Å². The number of thiazole rings is 1. The van der Waals surface area contributed by atoms with Gasteiger partial charge in [-0.15, -0.1) is 15.9 Å². The highest BCUT2D eigenvalue weighted by Gasteiger charge is 2.64. The van der Waals surface area contributed by atoms with Gasteiger partial charge in [-0.25, -0.2) is 9.97 Å². The zero-order chi connectivity index (χ0) is 38.0. The molecule has 5 unspecified atom stereocenters. The highest BCUT2D eigenvalue weighted by atomic mass is 32.1. The Morgan fingerprint density at radius 1 is 1.04 bits per heavy atom. The molecular weight excluding hydrogens is 707 g/mol. The van der Waals surface area contributed by atoms with E-state index in [1.54, 1.807) is 19.1 Å². The first-order chi connectivity index (χ1) is 26.1. The van der Waals surface area contributed by atoms with E-state index in [-0.39, 0.29) is 43.3 Å². The third-order valence-corrected chi connectivity index (χ3v) is 11.7. The number of allylic oxidation sites excluding steroid dienone is 1. The molecule has 2 saturated heterocycles. The Balaban J connectivity index is 1.23. The number of hydrogen-bond acceptors (Lipinski definition) is 9. The van der Waals surface area contributed by atoms with Crippen molar-refractivity contribution in [3.8, 4) is 28.0 Å². The number of methoxy groups -OCH3 is 2. The molecule has 2 fully saturated rings. The Kier molecular flexibility index (Phi) is 10.9. The molecule has 3 aliphatic heterocycles. The van der Waals surface area contributed by atoms with Crippen LogP contribution in [-0.4, -0.2) is 88.0 Å². The van der Waals surface area contributed by atoms with Gasteiger partial charge in [0.2, 0.25) is 5.91 Å². The average molecular weight is 755 g/mol. The molecule has 5 atom stereocenters. The normalized spacial score (nSPS) is 24.6. The number of aromatic nitrogens is 2. The van der Waals surface area contributed by atoms with Crippen LogP contribution in [0.3, 0.4) is 0 Å². The predicted molar refractivity (Wildman–Crippen MR) is 206 cm³/mol. The van der Waals surface area contributed by atoms with Crippen LogP contribution in [0.4, 0.5) is 4.79 Å². The third-order valence-electron chi connectivity index (χ3n) is 10.8. The zero-order valence-electron chi connectivity index (χ0n) is 31.2. The highest BCUT2D eigenvalue weighted by molar-refractivity contribution is 7.13. The number of carbonyl (C=O) groups is 3. The van der Waals surface area contributed by atoms with Gasteiger partial charge in [0, 0.05) is 35.2 Å². The number of nitrogens with zero attached hydrogens (tertiary/aromatic N) is 4. The van der Waals surface area contributed by atoms with Gasteiger partial charge >= 0.3 is 6.09 Å². The molecule has 284 valence electrons. The number of nitrogens with one attached hydrogen (secondary N) is 1. The van der Waals surface area contributed by atoms with E-state index >= 15 is 0 Å². The fourth-order valence-electron chi connectivity index (χ4n) is 7.53. The highest BCUT2D eigenvalue weighted by Crippen LogP contribution is 2.37. The first-order valence-corrected chi connectivity index (χ1v) is 19.6. The van der Waals surface area contributed by atoms with Crippen molar-refractivity contribution in [2.24, 2.45) is 5.92 Å². The van der Waals surface area contributed by atoms with E-state index in [2.05, 4.69) is 19.3 Å². The molecule has 3 aliphatic rings. The number of fused-ring (bicyclic) bond motifs is 3. The van der Waals surface area contributed by atoms with Crippen LogP contribution >= 0.6 is 11.3 Å². The monoisotopic (exact) mass is 754 g/mol. The summed E-state index contributed by atoms with van der Waals surface area (Å²) in [7, 11) is 3.23. The van der Waals surface area contributed by atoms with Crippen LogP contribution in [0, 0.1) is 5.92 Å². The van der Waals surface area contributed by atoms with Gasteiger partial charge in [-0.1, -0.05) is 44.9 Å². The number of amides is 3. The van der Waals surface area contributed by atoms with Gasteiger partial charge in [0.25, 0.3) is 5.91 Å². The summed E-state index contributed by atoms with van der Waals surface area (Å²) in [6.45, 7) is 4.61. The van der Waals surface area contributed by atoms with Crippen molar-refractivity contribution < 1.29 is 38.3 Å². The summed E-state index contributed by atoms with van der Waals surface area (Å²) in [6, 6.07) is 13.9. The maximum Gasteiger partial charge on any atom is 0.539 e. The lowest BCUT2D eigenvalue weighted by Gasteiger charge is -2.28. The van der Waals surface area contributed by atoms with Gasteiger partial charge in [0.15, 0.2) is 12.6 Å². The summed E-state index contributed by atoms with van der Waals surface area (Å²) >= 11 is 1.52. The Morgan fingerprint density at radius 3 is 2.54 bits per heavy atom. The SMILES string of the molecule is COc1ccc(CC2CCCCCC=CC3C[N+]3(C(=O)O)NC(=O)C3CC(Oc4cc(-c5nc(C(C)C)cs5)nc5cc(OC)ccc45)CN3C2=O)cc1. The second kappa shape index (κ2) is 15.8. The maximum absolute atomic E-state index is 14.7. The van der Waals surface area contributed by atoms with Crippen LogP contribution in [0.2, 0.25) is 0 Å². The van der Waals surface area contributed by atoms with Crippen LogP contribution in [0.15, 0.2) is 66.1 Å². The fraction of sp³-hybridized carbons (Fsp3) is 0.439. The van der Waals surface area contributed by atoms with Crippen LogP contribution in [0.5, 0.6) is 17.2 Å². The first kappa shape index (κ1) is 37.3. The summed E-state index contributed by atoms with van der Waals surface area (Å²) in [4.78, 5) is 52.9. The van der Waals surface area contributed by atoms with Crippen molar-refractivity contribution in [2.75, 3.05) is 27.3 Å². The lowest BCUT2D eigenvalue weighted by molar-refractivity contribution is -0.772. The van der Waals surface area contributed by atoms with E-state index in [0.29, 0.717) is 35.6 Å². The number of quaternary nitrogens is 1. The minimum absolute atomic E-state index is 0.136. The molecule has 0 saturated carbocycles. The van der Waals surface area contributed by atoms with Crippen molar-refractivity contribution in [2.45, 2.75) is 82.9 Å². The third kappa shape index (κ3) is 7.78. The fourth-order valence-corrected chi connectivity index (χ4v) is 8.47. The molecule has 2 aromatic heterocycles. The molecule has 12 nitrogen and oxygen atoms in total. The Hall–Kier alpha value is -5.01. The summed E-state index contributed by atoms with van der Waals surface area (Å²) in [5.41, 5.74) is 6.12. The van der Waals surface area contributed by atoms with Gasteiger partial charge < -0.3 is 24.2 Å². The average Bonchev–Trinajstić information content (AvgIpc) is 3.46. The second-order valence-corrected chi connectivity index (χ2v) is 15.7. The minimum atomic E-state index is -1.13. The van der Waals surface area contributed by atoms with Gasteiger partial charge in [-0.3, -0.25) is 9.59 Å². The zero-order valence-corrected chi connectivity index (χ0v) is 32.0. The molecule has 0 radical (unpaired) electrons. The summed E-state index contributed by atoms with van der Waals surface area (Å²) in [5, 5.41) is 13.8. The number of benzene rings is 2. The number of carboxylic acid groups (broad SMARTS) is 1. The number of carbonyl (C=O) groups excluding carboxylic acids is 2. The van der Waals surface area contributed by atoms with Crippen molar-refractivity contribution in [3.05, 3.63) is 77.3 Å².